The van der Waals surface area contributed by atoms with Crippen molar-refractivity contribution in [2.45, 2.75) is 17.5 Å². The highest BCUT2D eigenvalue weighted by Crippen LogP contribution is 2.24. The molecule has 1 heterocycles. The van der Waals surface area contributed by atoms with Crippen LogP contribution in [0.15, 0.2) is 72.1 Å². The smallest absolute Gasteiger partial charge is 0.338 e. The van der Waals surface area contributed by atoms with Crippen LogP contribution in [0.5, 0.6) is 0 Å². The molecule has 3 rings (SSSR count). The second-order valence-corrected chi connectivity index (χ2v) is 6.20. The van der Waals surface area contributed by atoms with E-state index in [-0.39, 0.29) is 5.97 Å². The molecule has 5 heteroatoms. The van der Waals surface area contributed by atoms with Crippen LogP contribution in [0.1, 0.15) is 21.5 Å². The summed E-state index contributed by atoms with van der Waals surface area (Å²) in [7, 11) is 1.40. The normalized spacial score (nSPS) is 10.5. The van der Waals surface area contributed by atoms with Crippen LogP contribution in [0.25, 0.3) is 0 Å². The number of carbonyl (C=O) groups is 1. The molecule has 3 aromatic rings. The van der Waals surface area contributed by atoms with E-state index in [0.29, 0.717) is 11.3 Å². The van der Waals surface area contributed by atoms with Gasteiger partial charge in [-0.1, -0.05) is 60.3 Å². The number of imidazole rings is 1. The summed E-state index contributed by atoms with van der Waals surface area (Å²) in [5.74, 6) is 0.357. The van der Waals surface area contributed by atoms with Gasteiger partial charge in [0.25, 0.3) is 0 Å². The standard InChI is InChI=1S/C19H18N2O2S/c1-23-18(22)17-10-6-5-9-16(17)14-24-19-20-11-12-21(19)13-15-7-3-2-4-8-15/h2-12H,13-14H2,1H3. The number of thioether (sulfide) groups is 1. The number of hydrogen-bond donors (Lipinski definition) is 0. The van der Waals surface area contributed by atoms with Crippen molar-refractivity contribution < 1.29 is 9.53 Å². The van der Waals surface area contributed by atoms with Gasteiger partial charge in [0.15, 0.2) is 5.16 Å². The Bertz CT molecular complexity index is 815. The van der Waals surface area contributed by atoms with Crippen LogP contribution in [0.4, 0.5) is 0 Å². The fourth-order valence-electron chi connectivity index (χ4n) is 2.43. The molecule has 0 aliphatic heterocycles. The molecule has 0 radical (unpaired) electrons. The van der Waals surface area contributed by atoms with E-state index in [1.165, 1.54) is 12.7 Å². The Labute approximate surface area is 145 Å². The van der Waals surface area contributed by atoms with Crippen molar-refractivity contribution in [1.29, 1.82) is 0 Å². The second-order valence-electron chi connectivity index (χ2n) is 5.26. The molecule has 0 unspecified atom stereocenters. The van der Waals surface area contributed by atoms with E-state index < -0.39 is 0 Å². The summed E-state index contributed by atoms with van der Waals surface area (Å²) in [6.07, 6.45) is 3.78. The molecule has 0 saturated heterocycles. The number of carbonyl (C=O) groups excluding carboxylic acids is 1. The molecule has 0 aliphatic rings. The highest BCUT2D eigenvalue weighted by molar-refractivity contribution is 7.98. The number of esters is 1. The van der Waals surface area contributed by atoms with Gasteiger partial charge in [-0.25, -0.2) is 9.78 Å². The summed E-state index contributed by atoms with van der Waals surface area (Å²) in [6.45, 7) is 0.780. The molecule has 0 amide bonds. The van der Waals surface area contributed by atoms with Crippen molar-refractivity contribution in [3.8, 4) is 0 Å². The second kappa shape index (κ2) is 7.84. The zero-order valence-corrected chi connectivity index (χ0v) is 14.2. The molecule has 0 spiro atoms. The third kappa shape index (κ3) is 3.86. The molecule has 0 bridgehead atoms. The highest BCUT2D eigenvalue weighted by atomic mass is 32.2. The van der Waals surface area contributed by atoms with Gasteiger partial charge < -0.3 is 9.30 Å². The quantitative estimate of drug-likeness (QED) is 0.503. The lowest BCUT2D eigenvalue weighted by Crippen LogP contribution is -2.05. The van der Waals surface area contributed by atoms with Crippen molar-refractivity contribution in [3.63, 3.8) is 0 Å². The van der Waals surface area contributed by atoms with E-state index >= 15 is 0 Å². The predicted octanol–water partition coefficient (Wildman–Crippen LogP) is 4.01. The summed E-state index contributed by atoms with van der Waals surface area (Å²) in [5.41, 5.74) is 2.78. The fourth-order valence-corrected chi connectivity index (χ4v) is 3.40. The summed E-state index contributed by atoms with van der Waals surface area (Å²) >= 11 is 1.61. The maximum absolute atomic E-state index is 11.9. The van der Waals surface area contributed by atoms with Crippen LogP contribution in [0, 0.1) is 0 Å². The van der Waals surface area contributed by atoms with Gasteiger partial charge in [-0.3, -0.25) is 0 Å². The van der Waals surface area contributed by atoms with Gasteiger partial charge in [-0.15, -0.1) is 0 Å². The van der Waals surface area contributed by atoms with Gasteiger partial charge in [0, 0.05) is 24.7 Å². The molecule has 0 atom stereocenters. The summed E-state index contributed by atoms with van der Waals surface area (Å²) in [4.78, 5) is 16.3. The highest BCUT2D eigenvalue weighted by Gasteiger charge is 2.12. The van der Waals surface area contributed by atoms with Crippen LogP contribution >= 0.6 is 11.8 Å². The SMILES string of the molecule is COC(=O)c1ccccc1CSc1nccn1Cc1ccccc1. The maximum atomic E-state index is 11.9. The van der Waals surface area contributed by atoms with Gasteiger partial charge in [0.2, 0.25) is 0 Å². The fraction of sp³-hybridized carbons (Fsp3) is 0.158. The first-order valence-electron chi connectivity index (χ1n) is 7.62. The van der Waals surface area contributed by atoms with Crippen LogP contribution in [0.3, 0.4) is 0 Å². The number of aromatic nitrogens is 2. The molecule has 0 aliphatic carbocycles. The Balaban J connectivity index is 1.73. The number of rotatable bonds is 6. The zero-order chi connectivity index (χ0) is 16.8. The summed E-state index contributed by atoms with van der Waals surface area (Å²) in [5, 5.41) is 0.929. The third-order valence-electron chi connectivity index (χ3n) is 3.65. The summed E-state index contributed by atoms with van der Waals surface area (Å²) < 4.78 is 6.96. The van der Waals surface area contributed by atoms with E-state index in [9.17, 15) is 4.79 Å². The van der Waals surface area contributed by atoms with E-state index in [4.69, 9.17) is 4.74 Å². The number of nitrogens with zero attached hydrogens (tertiary/aromatic N) is 2. The maximum Gasteiger partial charge on any atom is 0.338 e. The summed E-state index contributed by atoms with van der Waals surface area (Å²) in [6, 6.07) is 17.8. The van der Waals surface area contributed by atoms with Crippen molar-refractivity contribution in [2.75, 3.05) is 7.11 Å². The van der Waals surface area contributed by atoms with Gasteiger partial charge in [-0.05, 0) is 17.2 Å². The topological polar surface area (TPSA) is 44.1 Å². The lowest BCUT2D eigenvalue weighted by atomic mass is 10.1. The van der Waals surface area contributed by atoms with Gasteiger partial charge >= 0.3 is 5.97 Å². The molecule has 2 aromatic carbocycles. The van der Waals surface area contributed by atoms with E-state index in [2.05, 4.69) is 21.7 Å². The van der Waals surface area contributed by atoms with E-state index in [0.717, 1.165) is 17.3 Å². The van der Waals surface area contributed by atoms with Crippen LogP contribution in [-0.4, -0.2) is 22.6 Å². The van der Waals surface area contributed by atoms with Crippen molar-refractivity contribution in [2.24, 2.45) is 0 Å². The van der Waals surface area contributed by atoms with Crippen LogP contribution in [0.2, 0.25) is 0 Å². The molecule has 1 aromatic heterocycles. The number of methoxy groups -OCH3 is 1. The van der Waals surface area contributed by atoms with Crippen LogP contribution < -0.4 is 0 Å². The largest absolute Gasteiger partial charge is 0.465 e. The first kappa shape index (κ1) is 16.3. The van der Waals surface area contributed by atoms with E-state index in [1.807, 2.05) is 42.6 Å². The molecule has 122 valence electrons. The first-order valence-corrected chi connectivity index (χ1v) is 8.60. The Hall–Kier alpha value is -2.53. The molecular formula is C19H18N2O2S. The zero-order valence-electron chi connectivity index (χ0n) is 13.4. The molecule has 0 fully saturated rings. The Kier molecular flexibility index (Phi) is 5.33. The monoisotopic (exact) mass is 338 g/mol. The minimum atomic E-state index is -0.307. The lowest BCUT2D eigenvalue weighted by molar-refractivity contribution is 0.0600. The van der Waals surface area contributed by atoms with Gasteiger partial charge in [0.1, 0.15) is 0 Å². The average molecular weight is 338 g/mol. The molecule has 4 nitrogen and oxygen atoms in total. The van der Waals surface area contributed by atoms with E-state index in [1.54, 1.807) is 24.0 Å². The Morgan fingerprint density at radius 2 is 1.88 bits per heavy atom. The minimum absolute atomic E-state index is 0.307. The first-order chi connectivity index (χ1) is 11.8. The number of benzene rings is 2. The predicted molar refractivity (Wildman–Crippen MR) is 95.1 cm³/mol. The Morgan fingerprint density at radius 3 is 2.67 bits per heavy atom. The van der Waals surface area contributed by atoms with Crippen molar-refractivity contribution in [1.82, 2.24) is 9.55 Å². The van der Waals surface area contributed by atoms with Crippen LogP contribution in [-0.2, 0) is 17.0 Å². The molecular weight excluding hydrogens is 320 g/mol. The minimum Gasteiger partial charge on any atom is -0.465 e. The number of hydrogen-bond acceptors (Lipinski definition) is 4. The van der Waals surface area contributed by atoms with Gasteiger partial charge in [-0.2, -0.15) is 0 Å². The average Bonchev–Trinajstić information content (AvgIpc) is 3.07. The lowest BCUT2D eigenvalue weighted by Gasteiger charge is -2.09. The Morgan fingerprint density at radius 1 is 1.12 bits per heavy atom. The van der Waals surface area contributed by atoms with Crippen molar-refractivity contribution in [3.05, 3.63) is 83.7 Å². The number of ether oxygens (including phenoxy) is 1. The van der Waals surface area contributed by atoms with Crippen molar-refractivity contribution >= 4 is 17.7 Å². The molecule has 0 N–H and O–H groups in total. The molecule has 0 saturated carbocycles. The van der Waals surface area contributed by atoms with Gasteiger partial charge in [0.05, 0.1) is 12.7 Å². The third-order valence-corrected chi connectivity index (χ3v) is 4.71. The molecule has 24 heavy (non-hydrogen) atoms.